The Kier molecular flexibility index (Phi) is 7.51. The Morgan fingerprint density at radius 1 is 1.33 bits per heavy atom. The lowest BCUT2D eigenvalue weighted by molar-refractivity contribution is 0.248. The molecule has 0 fully saturated rings. The number of nitrogens with two attached hydrogens (primary N) is 1. The molecule has 12 heavy (non-hydrogen) atoms. The summed E-state index contributed by atoms with van der Waals surface area (Å²) in [6, 6.07) is 0. The lowest BCUT2D eigenvalue weighted by atomic mass is 10.1. The Labute approximate surface area is 77.1 Å². The molecule has 1 atom stereocenters. The minimum absolute atomic E-state index is 0.641. The Morgan fingerprint density at radius 3 is 2.42 bits per heavy atom. The molecule has 2 N–H and O–H groups in total. The summed E-state index contributed by atoms with van der Waals surface area (Å²) in [5.41, 5.74) is 5.58. The van der Waals surface area contributed by atoms with Crippen LogP contribution in [-0.2, 0) is 0 Å². The molecule has 0 rings (SSSR count). The van der Waals surface area contributed by atoms with Gasteiger partial charge in [0.1, 0.15) is 0 Å². The summed E-state index contributed by atoms with van der Waals surface area (Å²) in [4.78, 5) is 2.49. The minimum Gasteiger partial charge on any atom is -0.330 e. The molecule has 0 bridgehead atoms. The van der Waals surface area contributed by atoms with Crippen LogP contribution in [0.2, 0.25) is 0 Å². The van der Waals surface area contributed by atoms with E-state index < -0.39 is 0 Å². The summed E-state index contributed by atoms with van der Waals surface area (Å²) < 4.78 is 0. The average molecular weight is 172 g/mol. The van der Waals surface area contributed by atoms with Crippen LogP contribution in [-0.4, -0.2) is 31.1 Å². The molecule has 0 aliphatic rings. The van der Waals surface area contributed by atoms with Gasteiger partial charge in [-0.2, -0.15) is 0 Å². The van der Waals surface area contributed by atoms with Gasteiger partial charge >= 0.3 is 0 Å². The number of hydrogen-bond acceptors (Lipinski definition) is 2. The van der Waals surface area contributed by atoms with Crippen molar-refractivity contribution in [2.24, 2.45) is 11.7 Å². The SMILES string of the molecule is CCCCN(CC)CC(C)CN. The van der Waals surface area contributed by atoms with Crippen molar-refractivity contribution < 1.29 is 0 Å². The van der Waals surface area contributed by atoms with Gasteiger partial charge in [-0.05, 0) is 32.0 Å². The van der Waals surface area contributed by atoms with Crippen molar-refractivity contribution in [2.75, 3.05) is 26.2 Å². The molecule has 0 amide bonds. The summed E-state index contributed by atoms with van der Waals surface area (Å²) in [7, 11) is 0. The lowest BCUT2D eigenvalue weighted by Crippen LogP contribution is -2.32. The molecule has 2 heteroatoms. The van der Waals surface area contributed by atoms with Gasteiger partial charge in [-0.1, -0.05) is 27.2 Å². The second-order valence-corrected chi connectivity index (χ2v) is 3.59. The monoisotopic (exact) mass is 172 g/mol. The van der Waals surface area contributed by atoms with E-state index in [4.69, 9.17) is 5.73 Å². The van der Waals surface area contributed by atoms with Crippen molar-refractivity contribution in [3.8, 4) is 0 Å². The van der Waals surface area contributed by atoms with Crippen LogP contribution in [0.4, 0.5) is 0 Å². The second kappa shape index (κ2) is 7.56. The standard InChI is InChI=1S/C10H24N2/c1-4-6-7-12(5-2)9-10(3)8-11/h10H,4-9,11H2,1-3H3. The Morgan fingerprint density at radius 2 is 2.00 bits per heavy atom. The van der Waals surface area contributed by atoms with Crippen molar-refractivity contribution in [1.29, 1.82) is 0 Å². The third-order valence-corrected chi connectivity index (χ3v) is 2.25. The summed E-state index contributed by atoms with van der Waals surface area (Å²) in [5, 5.41) is 0. The molecule has 0 radical (unpaired) electrons. The Bertz CT molecular complexity index is 93.8. The van der Waals surface area contributed by atoms with Gasteiger partial charge in [0, 0.05) is 6.54 Å². The molecule has 0 aromatic rings. The van der Waals surface area contributed by atoms with Crippen LogP contribution in [0.15, 0.2) is 0 Å². The third kappa shape index (κ3) is 5.56. The van der Waals surface area contributed by atoms with Gasteiger partial charge < -0.3 is 10.6 Å². The highest BCUT2D eigenvalue weighted by Gasteiger charge is 2.05. The van der Waals surface area contributed by atoms with Crippen molar-refractivity contribution in [3.05, 3.63) is 0 Å². The highest BCUT2D eigenvalue weighted by Crippen LogP contribution is 2.00. The Hall–Kier alpha value is -0.0800. The maximum atomic E-state index is 5.58. The van der Waals surface area contributed by atoms with E-state index in [9.17, 15) is 0 Å². The van der Waals surface area contributed by atoms with E-state index >= 15 is 0 Å². The van der Waals surface area contributed by atoms with Crippen molar-refractivity contribution in [1.82, 2.24) is 4.90 Å². The lowest BCUT2D eigenvalue weighted by Gasteiger charge is -2.23. The van der Waals surface area contributed by atoms with E-state index in [1.807, 2.05) is 0 Å². The van der Waals surface area contributed by atoms with E-state index in [1.54, 1.807) is 0 Å². The topological polar surface area (TPSA) is 29.3 Å². The molecule has 1 unspecified atom stereocenters. The van der Waals surface area contributed by atoms with Crippen LogP contribution < -0.4 is 5.73 Å². The van der Waals surface area contributed by atoms with Gasteiger partial charge in [0.05, 0.1) is 0 Å². The van der Waals surface area contributed by atoms with Crippen LogP contribution >= 0.6 is 0 Å². The van der Waals surface area contributed by atoms with Gasteiger partial charge in [-0.3, -0.25) is 0 Å². The first-order valence-corrected chi connectivity index (χ1v) is 5.16. The molecule has 0 aromatic carbocycles. The summed E-state index contributed by atoms with van der Waals surface area (Å²) in [6.45, 7) is 11.0. The normalized spacial score (nSPS) is 13.8. The van der Waals surface area contributed by atoms with Gasteiger partial charge in [0.15, 0.2) is 0 Å². The van der Waals surface area contributed by atoms with E-state index in [1.165, 1.54) is 19.4 Å². The fourth-order valence-electron chi connectivity index (χ4n) is 1.28. The average Bonchev–Trinajstić information content (AvgIpc) is 2.11. The van der Waals surface area contributed by atoms with Crippen molar-refractivity contribution in [3.63, 3.8) is 0 Å². The maximum Gasteiger partial charge on any atom is 0.00189 e. The van der Waals surface area contributed by atoms with Crippen molar-refractivity contribution >= 4 is 0 Å². The smallest absolute Gasteiger partial charge is 0.00189 e. The molecule has 0 saturated carbocycles. The van der Waals surface area contributed by atoms with Crippen LogP contribution in [0, 0.1) is 5.92 Å². The van der Waals surface area contributed by atoms with Gasteiger partial charge in [-0.15, -0.1) is 0 Å². The summed E-state index contributed by atoms with van der Waals surface area (Å²) >= 11 is 0. The molecule has 74 valence electrons. The zero-order chi connectivity index (χ0) is 9.40. The quantitative estimate of drug-likeness (QED) is 0.633. The molecule has 0 heterocycles. The summed E-state index contributed by atoms with van der Waals surface area (Å²) in [5.74, 6) is 0.641. The highest BCUT2D eigenvalue weighted by atomic mass is 15.1. The zero-order valence-electron chi connectivity index (χ0n) is 8.84. The maximum absolute atomic E-state index is 5.58. The number of hydrogen-bond donors (Lipinski definition) is 1. The molecule has 0 aliphatic carbocycles. The fraction of sp³-hybridized carbons (Fsp3) is 1.00. The molecule has 0 aliphatic heterocycles. The second-order valence-electron chi connectivity index (χ2n) is 3.59. The van der Waals surface area contributed by atoms with Gasteiger partial charge in [-0.25, -0.2) is 0 Å². The molecule has 2 nitrogen and oxygen atoms in total. The van der Waals surface area contributed by atoms with Crippen LogP contribution in [0.5, 0.6) is 0 Å². The predicted molar refractivity (Wildman–Crippen MR) is 55.2 cm³/mol. The molecular formula is C10H24N2. The summed E-state index contributed by atoms with van der Waals surface area (Å²) in [6.07, 6.45) is 2.60. The van der Waals surface area contributed by atoms with E-state index in [-0.39, 0.29) is 0 Å². The first-order chi connectivity index (χ1) is 5.74. The molecule has 0 spiro atoms. The van der Waals surface area contributed by atoms with Crippen molar-refractivity contribution in [2.45, 2.75) is 33.6 Å². The molecule has 0 saturated heterocycles. The number of nitrogens with zero attached hydrogens (tertiary/aromatic N) is 1. The van der Waals surface area contributed by atoms with E-state index in [0.29, 0.717) is 5.92 Å². The number of unbranched alkanes of at least 4 members (excludes halogenated alkanes) is 1. The first-order valence-electron chi connectivity index (χ1n) is 5.16. The molecule has 0 aromatic heterocycles. The van der Waals surface area contributed by atoms with Crippen LogP contribution in [0.25, 0.3) is 0 Å². The predicted octanol–water partition coefficient (Wildman–Crippen LogP) is 1.70. The Balaban J connectivity index is 3.51. The zero-order valence-corrected chi connectivity index (χ0v) is 8.84. The van der Waals surface area contributed by atoms with E-state index in [2.05, 4.69) is 25.7 Å². The minimum atomic E-state index is 0.641. The molecular weight excluding hydrogens is 148 g/mol. The highest BCUT2D eigenvalue weighted by molar-refractivity contribution is 4.61. The van der Waals surface area contributed by atoms with Gasteiger partial charge in [0.25, 0.3) is 0 Å². The fourth-order valence-corrected chi connectivity index (χ4v) is 1.28. The van der Waals surface area contributed by atoms with Crippen LogP contribution in [0.1, 0.15) is 33.6 Å². The van der Waals surface area contributed by atoms with E-state index in [0.717, 1.165) is 19.6 Å². The first kappa shape index (κ1) is 11.9. The van der Waals surface area contributed by atoms with Crippen LogP contribution in [0.3, 0.4) is 0 Å². The largest absolute Gasteiger partial charge is 0.330 e. The van der Waals surface area contributed by atoms with Gasteiger partial charge in [0.2, 0.25) is 0 Å². The number of rotatable bonds is 7. The third-order valence-electron chi connectivity index (χ3n) is 2.25.